The van der Waals surface area contributed by atoms with Gasteiger partial charge in [-0.15, -0.1) is 0 Å². The lowest BCUT2D eigenvalue weighted by Gasteiger charge is -2.07. The quantitative estimate of drug-likeness (QED) is 0.749. The molecule has 14 heavy (non-hydrogen) atoms. The zero-order valence-corrected chi connectivity index (χ0v) is 8.38. The molecule has 0 saturated carbocycles. The highest BCUT2D eigenvalue weighted by Crippen LogP contribution is 2.12. The van der Waals surface area contributed by atoms with Gasteiger partial charge in [0.05, 0.1) is 0 Å². The average Bonchev–Trinajstić information content (AvgIpc) is 2.14. The fraction of sp³-hybridized carbons (Fsp3) is 0.364. The van der Waals surface area contributed by atoms with E-state index in [9.17, 15) is 9.18 Å². The second-order valence-electron chi connectivity index (χ2n) is 3.52. The summed E-state index contributed by atoms with van der Waals surface area (Å²) in [5.41, 5.74) is 6.52. The molecule has 0 aliphatic rings. The van der Waals surface area contributed by atoms with E-state index in [0.29, 0.717) is 5.56 Å². The van der Waals surface area contributed by atoms with E-state index in [-0.39, 0.29) is 24.1 Å². The summed E-state index contributed by atoms with van der Waals surface area (Å²) in [4.78, 5) is 11.6. The number of ketones is 1. The Kier molecular flexibility index (Phi) is 3.36. The Bertz CT molecular complexity index is 329. The fourth-order valence-electron chi connectivity index (χ4n) is 1.27. The van der Waals surface area contributed by atoms with Gasteiger partial charge in [0.15, 0.2) is 5.78 Å². The lowest BCUT2D eigenvalue weighted by Crippen LogP contribution is -2.20. The van der Waals surface area contributed by atoms with Crippen LogP contribution >= 0.6 is 0 Å². The zero-order valence-electron chi connectivity index (χ0n) is 8.38. The number of halogens is 1. The highest BCUT2D eigenvalue weighted by Gasteiger charge is 2.14. The third-order valence-electron chi connectivity index (χ3n) is 2.13. The van der Waals surface area contributed by atoms with E-state index < -0.39 is 0 Å². The summed E-state index contributed by atoms with van der Waals surface area (Å²) in [7, 11) is 0. The molecule has 0 aromatic heterocycles. The lowest BCUT2D eigenvalue weighted by molar-refractivity contribution is 0.0933. The van der Waals surface area contributed by atoms with E-state index in [1.807, 2.05) is 0 Å². The Morgan fingerprint density at radius 1 is 1.50 bits per heavy atom. The number of nitrogens with two attached hydrogens (primary N) is 1. The van der Waals surface area contributed by atoms with E-state index in [1.165, 1.54) is 12.1 Å². The molecule has 3 heteroatoms. The molecule has 0 fully saturated rings. The first-order valence-electron chi connectivity index (χ1n) is 4.56. The van der Waals surface area contributed by atoms with E-state index in [0.717, 1.165) is 5.56 Å². The average molecular weight is 195 g/mol. The normalized spacial score (nSPS) is 12.6. The van der Waals surface area contributed by atoms with Gasteiger partial charge in [-0.25, -0.2) is 4.39 Å². The van der Waals surface area contributed by atoms with E-state index in [4.69, 9.17) is 5.73 Å². The minimum Gasteiger partial charge on any atom is -0.330 e. The van der Waals surface area contributed by atoms with Crippen molar-refractivity contribution in [3.05, 3.63) is 35.1 Å². The first-order chi connectivity index (χ1) is 6.54. The SMILES string of the molecule is Cc1cc(F)cc(C(=O)C(C)CN)c1. The van der Waals surface area contributed by atoms with Crippen molar-refractivity contribution in [2.45, 2.75) is 13.8 Å². The predicted molar refractivity (Wildman–Crippen MR) is 53.7 cm³/mol. The molecule has 0 bridgehead atoms. The smallest absolute Gasteiger partial charge is 0.167 e. The van der Waals surface area contributed by atoms with Crippen molar-refractivity contribution in [3.8, 4) is 0 Å². The molecule has 0 saturated heterocycles. The van der Waals surface area contributed by atoms with Crippen LogP contribution in [-0.2, 0) is 0 Å². The van der Waals surface area contributed by atoms with Crippen LogP contribution < -0.4 is 5.73 Å². The molecule has 0 radical (unpaired) electrons. The Morgan fingerprint density at radius 3 is 2.64 bits per heavy atom. The number of carbonyl (C=O) groups excluding carboxylic acids is 1. The maximum Gasteiger partial charge on any atom is 0.167 e. The Balaban J connectivity index is 3.01. The first kappa shape index (κ1) is 10.9. The van der Waals surface area contributed by atoms with Gasteiger partial charge in [0.1, 0.15) is 5.82 Å². The van der Waals surface area contributed by atoms with Gasteiger partial charge in [0.2, 0.25) is 0 Å². The van der Waals surface area contributed by atoms with Crippen LogP contribution in [0.15, 0.2) is 18.2 Å². The number of Topliss-reactive ketones (excluding diaryl/α,β-unsaturated/α-hetero) is 1. The Hall–Kier alpha value is -1.22. The van der Waals surface area contributed by atoms with E-state index in [1.54, 1.807) is 19.9 Å². The third-order valence-corrected chi connectivity index (χ3v) is 2.13. The van der Waals surface area contributed by atoms with Gasteiger partial charge in [-0.2, -0.15) is 0 Å². The van der Waals surface area contributed by atoms with Crippen LogP contribution in [0.2, 0.25) is 0 Å². The molecule has 2 nitrogen and oxygen atoms in total. The highest BCUT2D eigenvalue weighted by atomic mass is 19.1. The van der Waals surface area contributed by atoms with Crippen molar-refractivity contribution in [1.82, 2.24) is 0 Å². The van der Waals surface area contributed by atoms with Crippen molar-refractivity contribution in [2.75, 3.05) is 6.54 Å². The van der Waals surface area contributed by atoms with Gasteiger partial charge in [-0.1, -0.05) is 6.92 Å². The zero-order chi connectivity index (χ0) is 10.7. The van der Waals surface area contributed by atoms with Crippen molar-refractivity contribution < 1.29 is 9.18 Å². The number of carbonyl (C=O) groups is 1. The number of aryl methyl sites for hydroxylation is 1. The van der Waals surface area contributed by atoms with Crippen molar-refractivity contribution in [3.63, 3.8) is 0 Å². The number of rotatable bonds is 3. The third kappa shape index (κ3) is 2.39. The van der Waals surface area contributed by atoms with Crippen LogP contribution in [0.1, 0.15) is 22.8 Å². The molecular formula is C11H14FNO. The number of hydrogen-bond acceptors (Lipinski definition) is 2. The topological polar surface area (TPSA) is 43.1 Å². The molecule has 1 aromatic rings. The van der Waals surface area contributed by atoms with Gasteiger partial charge in [-0.3, -0.25) is 4.79 Å². The molecular weight excluding hydrogens is 181 g/mol. The lowest BCUT2D eigenvalue weighted by atomic mass is 9.98. The molecule has 76 valence electrons. The largest absolute Gasteiger partial charge is 0.330 e. The van der Waals surface area contributed by atoms with Crippen LogP contribution in [-0.4, -0.2) is 12.3 Å². The predicted octanol–water partition coefficient (Wildman–Crippen LogP) is 1.91. The second-order valence-corrected chi connectivity index (χ2v) is 3.52. The van der Waals surface area contributed by atoms with Crippen molar-refractivity contribution in [1.29, 1.82) is 0 Å². The Labute approximate surface area is 82.9 Å². The van der Waals surface area contributed by atoms with Crippen LogP contribution in [0.5, 0.6) is 0 Å². The maximum absolute atomic E-state index is 13.0. The fourth-order valence-corrected chi connectivity index (χ4v) is 1.27. The molecule has 0 spiro atoms. The molecule has 0 aliphatic carbocycles. The first-order valence-corrected chi connectivity index (χ1v) is 4.56. The summed E-state index contributed by atoms with van der Waals surface area (Å²) >= 11 is 0. The van der Waals surface area contributed by atoms with E-state index in [2.05, 4.69) is 0 Å². The molecule has 0 heterocycles. The van der Waals surface area contributed by atoms with Gasteiger partial charge >= 0.3 is 0 Å². The molecule has 1 atom stereocenters. The second kappa shape index (κ2) is 4.33. The number of benzene rings is 1. The van der Waals surface area contributed by atoms with Crippen molar-refractivity contribution in [2.24, 2.45) is 11.7 Å². The molecule has 1 rings (SSSR count). The van der Waals surface area contributed by atoms with Crippen molar-refractivity contribution >= 4 is 5.78 Å². The molecule has 1 unspecified atom stereocenters. The van der Waals surface area contributed by atoms with Gasteiger partial charge in [0, 0.05) is 18.0 Å². The summed E-state index contributed by atoms with van der Waals surface area (Å²) in [6.07, 6.45) is 0. The van der Waals surface area contributed by atoms with Crippen LogP contribution in [0.3, 0.4) is 0 Å². The minimum atomic E-state index is -0.377. The number of hydrogen-bond donors (Lipinski definition) is 1. The van der Waals surface area contributed by atoms with Gasteiger partial charge in [0.25, 0.3) is 0 Å². The van der Waals surface area contributed by atoms with E-state index >= 15 is 0 Å². The van der Waals surface area contributed by atoms with Gasteiger partial charge < -0.3 is 5.73 Å². The summed E-state index contributed by atoms with van der Waals surface area (Å²) in [5.74, 6) is -0.733. The highest BCUT2D eigenvalue weighted by molar-refractivity contribution is 5.97. The van der Waals surface area contributed by atoms with Crippen LogP contribution in [0, 0.1) is 18.7 Å². The molecule has 2 N–H and O–H groups in total. The molecule has 1 aromatic carbocycles. The van der Waals surface area contributed by atoms with Crippen LogP contribution in [0.25, 0.3) is 0 Å². The minimum absolute atomic E-state index is 0.102. The summed E-state index contributed by atoms with van der Waals surface area (Å²) < 4.78 is 13.0. The standard InChI is InChI=1S/C11H14FNO/c1-7-3-9(5-10(12)4-7)11(14)8(2)6-13/h3-5,8H,6,13H2,1-2H3. The Morgan fingerprint density at radius 2 is 2.14 bits per heavy atom. The van der Waals surface area contributed by atoms with Gasteiger partial charge in [-0.05, 0) is 30.7 Å². The summed E-state index contributed by atoms with van der Waals surface area (Å²) in [6.45, 7) is 3.78. The summed E-state index contributed by atoms with van der Waals surface area (Å²) in [6, 6.07) is 4.32. The molecule has 0 aliphatic heterocycles. The summed E-state index contributed by atoms with van der Waals surface area (Å²) in [5, 5.41) is 0. The maximum atomic E-state index is 13.0. The van der Waals surface area contributed by atoms with Crippen LogP contribution in [0.4, 0.5) is 4.39 Å². The monoisotopic (exact) mass is 195 g/mol. The molecule has 0 amide bonds.